The number of carbonyl (C=O) groups is 3. The number of rotatable bonds is 6. The molecule has 2 fully saturated rings. The van der Waals surface area contributed by atoms with Gasteiger partial charge in [-0.1, -0.05) is 24.3 Å². The van der Waals surface area contributed by atoms with E-state index in [0.29, 0.717) is 30.9 Å². The average Bonchev–Trinajstić information content (AvgIpc) is 2.97. The van der Waals surface area contributed by atoms with Gasteiger partial charge in [0.15, 0.2) is 0 Å². The minimum absolute atomic E-state index is 0. The van der Waals surface area contributed by atoms with Crippen molar-refractivity contribution < 1.29 is 19.5 Å². The van der Waals surface area contributed by atoms with Gasteiger partial charge in [-0.2, -0.15) is 0 Å². The zero-order valence-electron chi connectivity index (χ0n) is 22.9. The number of hydrogen-bond acceptors (Lipinski definition) is 6. The van der Waals surface area contributed by atoms with E-state index in [4.69, 9.17) is 5.11 Å². The number of likely N-dealkylation sites (tertiary alicyclic amines) is 1. The molecule has 11 heteroatoms. The van der Waals surface area contributed by atoms with E-state index >= 15 is 0 Å². The van der Waals surface area contributed by atoms with Crippen LogP contribution < -0.4 is 10.2 Å². The van der Waals surface area contributed by atoms with E-state index in [0.717, 1.165) is 49.4 Å². The van der Waals surface area contributed by atoms with Crippen LogP contribution in [0.25, 0.3) is 11.1 Å². The lowest BCUT2D eigenvalue weighted by Gasteiger charge is -2.34. The SMILES string of the molecule is CN1CCN(c2ccnc(C(=O)N3CCC[C@H](C(=O)Nc4cccc(-c5ccc(C(=O)O)cc5)c4)C3)c2)CC1.Cl.Cl. The summed E-state index contributed by atoms with van der Waals surface area (Å²) in [7, 11) is 2.11. The fourth-order valence-electron chi connectivity index (χ4n) is 5.16. The van der Waals surface area contributed by atoms with Crippen LogP contribution in [0.4, 0.5) is 11.4 Å². The number of aromatic nitrogens is 1. The Bertz CT molecular complexity index is 1360. The van der Waals surface area contributed by atoms with Crippen LogP contribution in [0.3, 0.4) is 0 Å². The number of pyridine rings is 1. The number of aromatic carboxylic acids is 1. The predicted molar refractivity (Wildman–Crippen MR) is 165 cm³/mol. The topological polar surface area (TPSA) is 106 Å². The number of piperazine rings is 1. The first-order valence-electron chi connectivity index (χ1n) is 13.3. The molecular formula is C30H35Cl2N5O4. The summed E-state index contributed by atoms with van der Waals surface area (Å²) in [6.45, 7) is 4.74. The third-order valence-corrected chi connectivity index (χ3v) is 7.51. The molecule has 2 saturated heterocycles. The zero-order chi connectivity index (χ0) is 27.4. The number of anilines is 2. The van der Waals surface area contributed by atoms with E-state index in [1.807, 2.05) is 36.4 Å². The van der Waals surface area contributed by atoms with Gasteiger partial charge in [-0.05, 0) is 67.4 Å². The Morgan fingerprint density at radius 2 is 1.63 bits per heavy atom. The second-order valence-electron chi connectivity index (χ2n) is 10.2. The summed E-state index contributed by atoms with van der Waals surface area (Å²) in [5, 5.41) is 12.1. The third kappa shape index (κ3) is 7.75. The lowest BCUT2D eigenvalue weighted by Crippen LogP contribution is -2.45. The highest BCUT2D eigenvalue weighted by atomic mass is 35.5. The van der Waals surface area contributed by atoms with Gasteiger partial charge >= 0.3 is 5.97 Å². The number of carboxylic acids is 1. The lowest BCUT2D eigenvalue weighted by atomic mass is 9.96. The summed E-state index contributed by atoms with van der Waals surface area (Å²) in [6.07, 6.45) is 3.15. The quantitative estimate of drug-likeness (QED) is 0.428. The van der Waals surface area contributed by atoms with Crippen LogP contribution in [0.1, 0.15) is 33.7 Å². The average molecular weight is 601 g/mol. The first-order valence-corrected chi connectivity index (χ1v) is 13.3. The number of hydrogen-bond donors (Lipinski definition) is 2. The molecule has 1 atom stereocenters. The van der Waals surface area contributed by atoms with Gasteiger partial charge < -0.3 is 25.1 Å². The minimum Gasteiger partial charge on any atom is -0.478 e. The molecule has 2 amide bonds. The van der Waals surface area contributed by atoms with Crippen LogP contribution in [0.15, 0.2) is 66.9 Å². The first-order chi connectivity index (χ1) is 18.9. The molecule has 2 N–H and O–H groups in total. The highest BCUT2D eigenvalue weighted by molar-refractivity contribution is 5.96. The summed E-state index contributed by atoms with van der Waals surface area (Å²) in [4.78, 5) is 48.3. The monoisotopic (exact) mass is 599 g/mol. The Morgan fingerprint density at radius 3 is 2.34 bits per heavy atom. The molecule has 0 bridgehead atoms. The van der Waals surface area contributed by atoms with Gasteiger partial charge in [0.25, 0.3) is 5.91 Å². The Hall–Kier alpha value is -3.66. The number of piperidine rings is 1. The molecule has 41 heavy (non-hydrogen) atoms. The van der Waals surface area contributed by atoms with Gasteiger partial charge in [0.2, 0.25) is 5.91 Å². The van der Waals surface area contributed by atoms with Crippen LogP contribution in [-0.2, 0) is 4.79 Å². The summed E-state index contributed by atoms with van der Waals surface area (Å²) in [6, 6.07) is 17.9. The molecule has 2 aromatic carbocycles. The van der Waals surface area contributed by atoms with Gasteiger partial charge in [-0.25, -0.2) is 4.79 Å². The van der Waals surface area contributed by atoms with E-state index < -0.39 is 5.97 Å². The number of carbonyl (C=O) groups excluding carboxylic acids is 2. The van der Waals surface area contributed by atoms with Crippen molar-refractivity contribution in [1.29, 1.82) is 0 Å². The molecule has 0 radical (unpaired) electrons. The molecule has 0 spiro atoms. The molecule has 3 heterocycles. The fraction of sp³-hybridized carbons (Fsp3) is 0.333. The van der Waals surface area contributed by atoms with Crippen LogP contribution in [-0.4, -0.2) is 84.0 Å². The second-order valence-corrected chi connectivity index (χ2v) is 10.2. The summed E-state index contributed by atoms with van der Waals surface area (Å²) < 4.78 is 0. The number of halogens is 2. The van der Waals surface area contributed by atoms with Crippen molar-refractivity contribution in [2.24, 2.45) is 5.92 Å². The minimum atomic E-state index is -0.971. The Labute approximate surface area is 252 Å². The third-order valence-electron chi connectivity index (χ3n) is 7.51. The summed E-state index contributed by atoms with van der Waals surface area (Å²) in [5.41, 5.74) is 4.03. The van der Waals surface area contributed by atoms with Crippen molar-refractivity contribution in [2.75, 3.05) is 56.5 Å². The number of nitrogens with one attached hydrogen (secondary N) is 1. The van der Waals surface area contributed by atoms with Gasteiger partial charge in [0, 0.05) is 56.8 Å². The van der Waals surface area contributed by atoms with E-state index in [1.165, 1.54) is 0 Å². The summed E-state index contributed by atoms with van der Waals surface area (Å²) >= 11 is 0. The normalized spacial score (nSPS) is 17.1. The van der Waals surface area contributed by atoms with E-state index in [9.17, 15) is 14.4 Å². The number of carboxylic acid groups (broad SMARTS) is 1. The molecule has 0 aliphatic carbocycles. The highest BCUT2D eigenvalue weighted by Gasteiger charge is 2.30. The number of likely N-dealkylation sites (N-methyl/N-ethyl adjacent to an activating group) is 1. The second kappa shape index (κ2) is 14.3. The zero-order valence-corrected chi connectivity index (χ0v) is 24.5. The predicted octanol–water partition coefficient (Wildman–Crippen LogP) is 4.53. The highest BCUT2D eigenvalue weighted by Crippen LogP contribution is 2.26. The molecule has 5 rings (SSSR count). The van der Waals surface area contributed by atoms with Gasteiger partial charge in [0.05, 0.1) is 11.5 Å². The van der Waals surface area contributed by atoms with Crippen molar-refractivity contribution in [1.82, 2.24) is 14.8 Å². The number of amides is 2. The molecule has 218 valence electrons. The van der Waals surface area contributed by atoms with Gasteiger partial charge in [-0.3, -0.25) is 14.6 Å². The molecule has 1 aromatic heterocycles. The summed E-state index contributed by atoms with van der Waals surface area (Å²) in [5.74, 6) is -1.55. The van der Waals surface area contributed by atoms with Crippen LogP contribution in [0.2, 0.25) is 0 Å². The Kier molecular flexibility index (Phi) is 11.1. The number of benzene rings is 2. The first kappa shape index (κ1) is 31.9. The molecular weight excluding hydrogens is 565 g/mol. The molecule has 3 aromatic rings. The molecule has 2 aliphatic rings. The molecule has 0 saturated carbocycles. The van der Waals surface area contributed by atoms with E-state index in [1.54, 1.807) is 35.4 Å². The van der Waals surface area contributed by atoms with Crippen molar-refractivity contribution in [3.05, 3.63) is 78.1 Å². The number of nitrogens with zero attached hydrogens (tertiary/aromatic N) is 4. The molecule has 9 nitrogen and oxygen atoms in total. The van der Waals surface area contributed by atoms with Crippen molar-refractivity contribution in [2.45, 2.75) is 12.8 Å². The van der Waals surface area contributed by atoms with Crippen molar-refractivity contribution in [3.8, 4) is 11.1 Å². The van der Waals surface area contributed by atoms with Gasteiger partial charge in [-0.15, -0.1) is 24.8 Å². The van der Waals surface area contributed by atoms with E-state index in [-0.39, 0.29) is 48.1 Å². The maximum Gasteiger partial charge on any atom is 0.335 e. The molecule has 2 aliphatic heterocycles. The van der Waals surface area contributed by atoms with Crippen LogP contribution in [0, 0.1) is 5.92 Å². The lowest BCUT2D eigenvalue weighted by molar-refractivity contribution is -0.121. The Morgan fingerprint density at radius 1 is 0.902 bits per heavy atom. The maximum atomic E-state index is 13.3. The smallest absolute Gasteiger partial charge is 0.335 e. The van der Waals surface area contributed by atoms with Crippen LogP contribution >= 0.6 is 24.8 Å². The molecule has 0 unspecified atom stereocenters. The van der Waals surface area contributed by atoms with Crippen LogP contribution in [0.5, 0.6) is 0 Å². The standard InChI is InChI=1S/C30H33N5O4.2ClH/c1-33-14-16-34(17-15-33)26-11-12-31-27(19-26)29(37)35-13-3-5-24(20-35)28(36)32-25-6-2-4-23(18-25)21-7-9-22(10-8-21)30(38)39;;/h2,4,6-12,18-19,24H,3,5,13-17,20H2,1H3,(H,32,36)(H,38,39);2*1H/t24-;;/m0../s1. The van der Waals surface area contributed by atoms with Crippen molar-refractivity contribution in [3.63, 3.8) is 0 Å². The van der Waals surface area contributed by atoms with Gasteiger partial charge in [0.1, 0.15) is 5.69 Å². The largest absolute Gasteiger partial charge is 0.478 e. The Balaban J connectivity index is 0.00000231. The van der Waals surface area contributed by atoms with Crippen molar-refractivity contribution >= 4 is 54.0 Å². The maximum absolute atomic E-state index is 13.3. The van der Waals surface area contributed by atoms with E-state index in [2.05, 4.69) is 27.1 Å². The fourth-order valence-corrected chi connectivity index (χ4v) is 5.16.